The van der Waals surface area contributed by atoms with E-state index >= 15 is 0 Å². The van der Waals surface area contributed by atoms with E-state index in [4.69, 9.17) is 0 Å². The zero-order valence-corrected chi connectivity index (χ0v) is 17.7. The number of nitrogens with zero attached hydrogens (tertiary/aromatic N) is 6. The minimum Gasteiger partial charge on any atom is -0.361 e. The first-order valence-corrected chi connectivity index (χ1v) is 10.5. The van der Waals surface area contributed by atoms with E-state index in [1.54, 1.807) is 6.33 Å². The molecule has 5 rings (SSSR count). The zero-order chi connectivity index (χ0) is 21.4. The molecule has 8 nitrogen and oxygen atoms in total. The molecule has 0 aliphatic carbocycles. The summed E-state index contributed by atoms with van der Waals surface area (Å²) in [4.78, 5) is 29.1. The normalized spacial score (nSPS) is 14.4. The molecule has 0 radical (unpaired) electrons. The van der Waals surface area contributed by atoms with Crippen LogP contribution in [-0.4, -0.2) is 61.7 Å². The van der Waals surface area contributed by atoms with Gasteiger partial charge in [-0.15, -0.1) is 0 Å². The highest BCUT2D eigenvalue weighted by atomic mass is 16.2. The van der Waals surface area contributed by atoms with Gasteiger partial charge in [0.2, 0.25) is 5.91 Å². The van der Waals surface area contributed by atoms with Crippen molar-refractivity contribution in [2.24, 2.45) is 0 Å². The molecular formula is C23H25N7O. The van der Waals surface area contributed by atoms with Gasteiger partial charge in [0, 0.05) is 55.0 Å². The van der Waals surface area contributed by atoms with Crippen LogP contribution in [0.3, 0.4) is 0 Å². The number of rotatable bonds is 4. The molecule has 0 unspecified atom stereocenters. The summed E-state index contributed by atoms with van der Waals surface area (Å²) in [7, 11) is 0. The SMILES string of the molecule is Cc1cc(C)n(-c2cc(N3CCN(C(=O)Cc4c[nH]c5ccccc45)CC3)ncn2)n1. The number of aromatic nitrogens is 5. The maximum absolute atomic E-state index is 12.9. The van der Waals surface area contributed by atoms with E-state index in [-0.39, 0.29) is 5.91 Å². The molecule has 0 spiro atoms. The van der Waals surface area contributed by atoms with Crippen LogP contribution in [0.4, 0.5) is 5.82 Å². The smallest absolute Gasteiger partial charge is 0.227 e. The Morgan fingerprint density at radius 1 is 1.03 bits per heavy atom. The number of fused-ring (bicyclic) bond motifs is 1. The molecule has 4 aromatic rings. The van der Waals surface area contributed by atoms with Crippen LogP contribution in [-0.2, 0) is 11.2 Å². The second kappa shape index (κ2) is 7.86. The van der Waals surface area contributed by atoms with E-state index in [0.29, 0.717) is 19.5 Å². The standard InChI is InChI=1S/C23H25N7O/c1-16-11-17(2)30(27-16)22-13-21(25-15-26-22)28-7-9-29(10-8-28)23(31)12-18-14-24-20-6-4-3-5-19(18)20/h3-6,11,13-15,24H,7-10,12H2,1-2H3. The van der Waals surface area contributed by atoms with Crippen LogP contribution in [0.15, 0.2) is 48.9 Å². The van der Waals surface area contributed by atoms with Gasteiger partial charge in [-0.05, 0) is 31.5 Å². The molecule has 8 heteroatoms. The van der Waals surface area contributed by atoms with Crippen LogP contribution >= 0.6 is 0 Å². The zero-order valence-electron chi connectivity index (χ0n) is 17.7. The lowest BCUT2D eigenvalue weighted by molar-refractivity contribution is -0.130. The number of H-pyrrole nitrogens is 1. The number of nitrogens with one attached hydrogen (secondary N) is 1. The van der Waals surface area contributed by atoms with Crippen molar-refractivity contribution in [2.45, 2.75) is 20.3 Å². The van der Waals surface area contributed by atoms with Crippen LogP contribution in [0.25, 0.3) is 16.7 Å². The number of benzene rings is 1. The number of aromatic amines is 1. The largest absolute Gasteiger partial charge is 0.361 e. The van der Waals surface area contributed by atoms with Gasteiger partial charge in [0.25, 0.3) is 0 Å². The van der Waals surface area contributed by atoms with E-state index in [1.165, 1.54) is 0 Å². The quantitative estimate of drug-likeness (QED) is 0.554. The number of anilines is 1. The highest BCUT2D eigenvalue weighted by molar-refractivity contribution is 5.89. The Kier molecular flexibility index (Phi) is 4.89. The molecule has 1 aromatic carbocycles. The summed E-state index contributed by atoms with van der Waals surface area (Å²) in [6.07, 6.45) is 3.94. The lowest BCUT2D eigenvalue weighted by Crippen LogP contribution is -2.49. The Balaban J connectivity index is 1.25. The molecule has 1 aliphatic heterocycles. The molecule has 1 saturated heterocycles. The molecular weight excluding hydrogens is 390 g/mol. The van der Waals surface area contributed by atoms with Crippen LogP contribution in [0.1, 0.15) is 17.0 Å². The van der Waals surface area contributed by atoms with Crippen LogP contribution in [0.2, 0.25) is 0 Å². The highest BCUT2D eigenvalue weighted by Gasteiger charge is 2.23. The van der Waals surface area contributed by atoms with Gasteiger partial charge in [0.1, 0.15) is 12.1 Å². The number of hydrogen-bond donors (Lipinski definition) is 1. The lowest BCUT2D eigenvalue weighted by Gasteiger charge is -2.35. The number of carbonyl (C=O) groups is 1. The van der Waals surface area contributed by atoms with E-state index in [2.05, 4.69) is 31.0 Å². The van der Waals surface area contributed by atoms with Gasteiger partial charge >= 0.3 is 0 Å². The third kappa shape index (κ3) is 3.76. The van der Waals surface area contributed by atoms with Gasteiger partial charge in [-0.3, -0.25) is 4.79 Å². The Bertz CT molecular complexity index is 1230. The number of hydrogen-bond acceptors (Lipinski definition) is 5. The number of aryl methyl sites for hydroxylation is 2. The van der Waals surface area contributed by atoms with Crippen molar-refractivity contribution in [1.29, 1.82) is 0 Å². The number of amides is 1. The summed E-state index contributed by atoms with van der Waals surface area (Å²) >= 11 is 0. The number of para-hydroxylation sites is 1. The van der Waals surface area contributed by atoms with Gasteiger partial charge in [-0.2, -0.15) is 5.10 Å². The fraction of sp³-hybridized carbons (Fsp3) is 0.304. The number of piperazine rings is 1. The van der Waals surface area contributed by atoms with E-state index in [1.807, 2.05) is 60.0 Å². The summed E-state index contributed by atoms with van der Waals surface area (Å²) in [6.45, 7) is 6.83. The van der Waals surface area contributed by atoms with E-state index in [0.717, 1.165) is 52.6 Å². The van der Waals surface area contributed by atoms with Crippen molar-refractivity contribution in [3.8, 4) is 5.82 Å². The predicted molar refractivity (Wildman–Crippen MR) is 119 cm³/mol. The fourth-order valence-corrected chi connectivity index (χ4v) is 4.22. The van der Waals surface area contributed by atoms with E-state index < -0.39 is 0 Å². The van der Waals surface area contributed by atoms with Crippen molar-refractivity contribution < 1.29 is 4.79 Å². The van der Waals surface area contributed by atoms with Crippen LogP contribution in [0, 0.1) is 13.8 Å². The first kappa shape index (κ1) is 19.3. The van der Waals surface area contributed by atoms with Gasteiger partial charge in [-0.1, -0.05) is 18.2 Å². The molecule has 1 fully saturated rings. The molecule has 0 bridgehead atoms. The van der Waals surface area contributed by atoms with Gasteiger partial charge in [0.05, 0.1) is 12.1 Å². The maximum atomic E-state index is 12.9. The van der Waals surface area contributed by atoms with Crippen molar-refractivity contribution in [1.82, 2.24) is 29.6 Å². The molecule has 0 atom stereocenters. The van der Waals surface area contributed by atoms with Crippen molar-refractivity contribution in [2.75, 3.05) is 31.1 Å². The molecule has 1 aliphatic rings. The molecule has 1 N–H and O–H groups in total. The van der Waals surface area contributed by atoms with E-state index in [9.17, 15) is 4.79 Å². The summed E-state index contributed by atoms with van der Waals surface area (Å²) in [5.41, 5.74) is 4.11. The van der Waals surface area contributed by atoms with Gasteiger partial charge in [0.15, 0.2) is 5.82 Å². The first-order valence-electron chi connectivity index (χ1n) is 10.5. The minimum absolute atomic E-state index is 0.162. The average Bonchev–Trinajstić information content (AvgIpc) is 3.36. The minimum atomic E-state index is 0.162. The third-order valence-electron chi connectivity index (χ3n) is 5.84. The number of carbonyl (C=O) groups excluding carboxylic acids is 1. The Morgan fingerprint density at radius 2 is 1.81 bits per heavy atom. The molecule has 158 valence electrons. The van der Waals surface area contributed by atoms with Crippen molar-refractivity contribution in [3.63, 3.8) is 0 Å². The average molecular weight is 416 g/mol. The fourth-order valence-electron chi connectivity index (χ4n) is 4.22. The van der Waals surface area contributed by atoms with Crippen molar-refractivity contribution >= 4 is 22.6 Å². The Hall–Kier alpha value is -3.68. The second-order valence-electron chi connectivity index (χ2n) is 7.98. The summed E-state index contributed by atoms with van der Waals surface area (Å²) in [5, 5.41) is 5.63. The predicted octanol–water partition coefficient (Wildman–Crippen LogP) is 2.65. The summed E-state index contributed by atoms with van der Waals surface area (Å²) in [5.74, 6) is 1.78. The van der Waals surface area contributed by atoms with Crippen LogP contribution < -0.4 is 4.90 Å². The highest BCUT2D eigenvalue weighted by Crippen LogP contribution is 2.20. The second-order valence-corrected chi connectivity index (χ2v) is 7.98. The van der Waals surface area contributed by atoms with Crippen LogP contribution in [0.5, 0.6) is 0 Å². The Morgan fingerprint density at radius 3 is 2.58 bits per heavy atom. The maximum Gasteiger partial charge on any atom is 0.227 e. The first-order chi connectivity index (χ1) is 15.1. The topological polar surface area (TPSA) is 82.9 Å². The van der Waals surface area contributed by atoms with Gasteiger partial charge in [-0.25, -0.2) is 14.6 Å². The van der Waals surface area contributed by atoms with Crippen molar-refractivity contribution in [3.05, 3.63) is 65.9 Å². The lowest BCUT2D eigenvalue weighted by atomic mass is 10.1. The molecule has 4 heterocycles. The summed E-state index contributed by atoms with van der Waals surface area (Å²) in [6, 6.07) is 12.1. The van der Waals surface area contributed by atoms with Gasteiger partial charge < -0.3 is 14.8 Å². The molecule has 0 saturated carbocycles. The summed E-state index contributed by atoms with van der Waals surface area (Å²) < 4.78 is 1.83. The molecule has 31 heavy (non-hydrogen) atoms. The third-order valence-corrected chi connectivity index (χ3v) is 5.84. The molecule has 3 aromatic heterocycles. The molecule has 1 amide bonds. The monoisotopic (exact) mass is 415 g/mol. The Labute approximate surface area is 180 Å².